The van der Waals surface area contributed by atoms with Crippen LogP contribution in [0.1, 0.15) is 11.1 Å². The summed E-state index contributed by atoms with van der Waals surface area (Å²) >= 11 is 0. The summed E-state index contributed by atoms with van der Waals surface area (Å²) in [7, 11) is -3.61. The van der Waals surface area contributed by atoms with Gasteiger partial charge in [0.25, 0.3) is 10.0 Å². The van der Waals surface area contributed by atoms with Crippen LogP contribution in [0.3, 0.4) is 0 Å². The molecule has 1 saturated heterocycles. The Hall–Kier alpha value is -2.64. The minimum absolute atomic E-state index is 0.0532. The molecule has 7 heteroatoms. The highest BCUT2D eigenvalue weighted by Gasteiger charge is 2.17. The lowest BCUT2D eigenvalue weighted by Gasteiger charge is -2.26. The summed E-state index contributed by atoms with van der Waals surface area (Å²) < 4.78 is 32.1. The van der Waals surface area contributed by atoms with Gasteiger partial charge < -0.3 is 9.64 Å². The largest absolute Gasteiger partial charge is 0.378 e. The van der Waals surface area contributed by atoms with Gasteiger partial charge in [0.15, 0.2) is 0 Å². The molecule has 0 unspecified atom stereocenters. The molecule has 1 N–H and O–H groups in total. The van der Waals surface area contributed by atoms with Gasteiger partial charge in [-0.1, -0.05) is 42.5 Å². The van der Waals surface area contributed by atoms with Crippen molar-refractivity contribution in [3.63, 3.8) is 0 Å². The zero-order valence-corrected chi connectivity index (χ0v) is 15.7. The van der Waals surface area contributed by atoms with E-state index in [1.165, 1.54) is 6.08 Å². The van der Waals surface area contributed by atoms with E-state index in [4.69, 9.17) is 4.74 Å². The maximum atomic E-state index is 12.3. The Labute approximate surface area is 159 Å². The van der Waals surface area contributed by atoms with Crippen LogP contribution >= 0.6 is 0 Å². The first-order valence-corrected chi connectivity index (χ1v) is 10.3. The van der Waals surface area contributed by atoms with Crippen molar-refractivity contribution in [3.8, 4) is 0 Å². The number of hydrogen-bond acceptors (Lipinski definition) is 4. The van der Waals surface area contributed by atoms with E-state index < -0.39 is 10.0 Å². The number of amides is 1. The molecular weight excluding hydrogens is 364 g/mol. The average molecular weight is 386 g/mol. The highest BCUT2D eigenvalue weighted by molar-refractivity contribution is 7.95. The molecule has 0 radical (unpaired) electrons. The van der Waals surface area contributed by atoms with Gasteiger partial charge in [-0.15, -0.1) is 0 Å². The summed E-state index contributed by atoms with van der Waals surface area (Å²) in [6, 6.07) is 16.1. The van der Waals surface area contributed by atoms with Gasteiger partial charge in [0.05, 0.1) is 25.0 Å². The Morgan fingerprint density at radius 1 is 1.04 bits per heavy atom. The van der Waals surface area contributed by atoms with E-state index in [-0.39, 0.29) is 5.91 Å². The van der Waals surface area contributed by atoms with Gasteiger partial charge in [-0.2, -0.15) is 0 Å². The molecule has 1 heterocycles. The Kier molecular flexibility index (Phi) is 6.26. The number of ether oxygens (including phenoxy) is 1. The molecule has 1 fully saturated rings. The number of carbonyl (C=O) groups is 1. The van der Waals surface area contributed by atoms with E-state index >= 15 is 0 Å². The van der Waals surface area contributed by atoms with Gasteiger partial charge in [0.2, 0.25) is 5.91 Å². The summed E-state index contributed by atoms with van der Waals surface area (Å²) in [5.41, 5.74) is 2.10. The predicted molar refractivity (Wildman–Crippen MR) is 106 cm³/mol. The second-order valence-corrected chi connectivity index (χ2v) is 7.79. The molecule has 0 aromatic heterocycles. The normalized spacial score (nSPS) is 15.0. The van der Waals surface area contributed by atoms with Crippen LogP contribution in [0.5, 0.6) is 0 Å². The van der Waals surface area contributed by atoms with Gasteiger partial charge in [-0.05, 0) is 29.3 Å². The number of carbonyl (C=O) groups excluding carboxylic acids is 1. The molecule has 1 aliphatic rings. The highest BCUT2D eigenvalue weighted by atomic mass is 32.2. The van der Waals surface area contributed by atoms with Crippen LogP contribution in [-0.4, -0.2) is 45.5 Å². The third-order valence-electron chi connectivity index (χ3n) is 4.17. The van der Waals surface area contributed by atoms with Crippen LogP contribution in [-0.2, 0) is 26.0 Å². The zero-order chi connectivity index (χ0) is 19.1. The lowest BCUT2D eigenvalue weighted by molar-refractivity contribution is -0.134. The number of hydrogen-bond donors (Lipinski definition) is 1. The number of nitrogens with zero attached hydrogens (tertiary/aromatic N) is 1. The fraction of sp³-hybridized carbons (Fsp3) is 0.250. The molecule has 0 atom stereocenters. The molecule has 0 aliphatic carbocycles. The van der Waals surface area contributed by atoms with E-state index in [0.717, 1.165) is 16.5 Å². The van der Waals surface area contributed by atoms with Crippen LogP contribution in [0.4, 0.5) is 5.69 Å². The topological polar surface area (TPSA) is 75.7 Å². The summed E-state index contributed by atoms with van der Waals surface area (Å²) in [5.74, 6) is 0.0532. The van der Waals surface area contributed by atoms with E-state index in [1.807, 2.05) is 30.3 Å². The minimum Gasteiger partial charge on any atom is -0.378 e. The predicted octanol–water partition coefficient (Wildman–Crippen LogP) is 2.50. The van der Waals surface area contributed by atoms with Crippen molar-refractivity contribution >= 4 is 27.7 Å². The molecule has 1 amide bonds. The summed E-state index contributed by atoms with van der Waals surface area (Å²) in [4.78, 5) is 14.0. The van der Waals surface area contributed by atoms with Gasteiger partial charge >= 0.3 is 0 Å². The third kappa shape index (κ3) is 5.94. The van der Waals surface area contributed by atoms with Crippen LogP contribution < -0.4 is 4.72 Å². The van der Waals surface area contributed by atoms with Gasteiger partial charge in [-0.25, -0.2) is 8.42 Å². The molecule has 142 valence electrons. The molecule has 2 aromatic carbocycles. The Morgan fingerprint density at radius 2 is 1.70 bits per heavy atom. The first-order valence-electron chi connectivity index (χ1n) is 8.72. The van der Waals surface area contributed by atoms with Gasteiger partial charge in [0.1, 0.15) is 0 Å². The van der Waals surface area contributed by atoms with Crippen LogP contribution in [0.25, 0.3) is 6.08 Å². The van der Waals surface area contributed by atoms with Gasteiger partial charge in [-0.3, -0.25) is 9.52 Å². The molecule has 2 aromatic rings. The Balaban J connectivity index is 1.58. The minimum atomic E-state index is -3.61. The molecule has 6 nitrogen and oxygen atoms in total. The first-order chi connectivity index (χ1) is 13.0. The van der Waals surface area contributed by atoms with Crippen molar-refractivity contribution in [1.29, 1.82) is 0 Å². The van der Waals surface area contributed by atoms with Crippen LogP contribution in [0.2, 0.25) is 0 Å². The van der Waals surface area contributed by atoms with Crippen molar-refractivity contribution in [3.05, 3.63) is 71.1 Å². The lowest BCUT2D eigenvalue weighted by Crippen LogP contribution is -2.41. The van der Waals surface area contributed by atoms with E-state index in [2.05, 4.69) is 4.72 Å². The number of rotatable bonds is 6. The highest BCUT2D eigenvalue weighted by Crippen LogP contribution is 2.14. The summed E-state index contributed by atoms with van der Waals surface area (Å²) in [5, 5.41) is 1.14. The number of anilines is 1. The quantitative estimate of drug-likeness (QED) is 0.828. The van der Waals surface area contributed by atoms with Crippen molar-refractivity contribution in [1.82, 2.24) is 4.90 Å². The SMILES string of the molecule is O=C(Cc1ccc(NS(=O)(=O)/C=C/c2ccccc2)cc1)N1CCOCC1. The van der Waals surface area contributed by atoms with E-state index in [9.17, 15) is 13.2 Å². The molecule has 0 spiro atoms. The van der Waals surface area contributed by atoms with Crippen molar-refractivity contribution < 1.29 is 17.9 Å². The van der Waals surface area contributed by atoms with Crippen LogP contribution in [0.15, 0.2) is 60.0 Å². The van der Waals surface area contributed by atoms with Gasteiger partial charge in [0, 0.05) is 18.8 Å². The molecular formula is C20H22N2O4S. The number of benzene rings is 2. The number of sulfonamides is 1. The molecule has 0 bridgehead atoms. The summed E-state index contributed by atoms with van der Waals surface area (Å²) in [6.45, 7) is 2.38. The van der Waals surface area contributed by atoms with Crippen LogP contribution in [0, 0.1) is 0 Å². The zero-order valence-electron chi connectivity index (χ0n) is 14.9. The second-order valence-electron chi connectivity index (χ2n) is 6.23. The molecule has 0 saturated carbocycles. The fourth-order valence-corrected chi connectivity index (χ4v) is 3.59. The Morgan fingerprint density at radius 3 is 2.37 bits per heavy atom. The molecule has 1 aliphatic heterocycles. The van der Waals surface area contributed by atoms with Crippen molar-refractivity contribution in [2.24, 2.45) is 0 Å². The lowest BCUT2D eigenvalue weighted by atomic mass is 10.1. The van der Waals surface area contributed by atoms with Crippen molar-refractivity contribution in [2.45, 2.75) is 6.42 Å². The number of morpholine rings is 1. The summed E-state index contributed by atoms with van der Waals surface area (Å²) in [6.07, 6.45) is 1.83. The smallest absolute Gasteiger partial charge is 0.255 e. The molecule has 27 heavy (non-hydrogen) atoms. The fourth-order valence-electron chi connectivity index (χ4n) is 2.72. The van der Waals surface area contributed by atoms with E-state index in [0.29, 0.717) is 38.4 Å². The maximum absolute atomic E-state index is 12.3. The third-order valence-corrected chi connectivity index (χ3v) is 5.19. The standard InChI is InChI=1S/C20H22N2O4S/c23-20(22-11-13-26-14-12-22)16-18-6-8-19(9-7-18)21-27(24,25)15-10-17-4-2-1-3-5-17/h1-10,15,21H,11-14,16H2/b15-10+. The monoisotopic (exact) mass is 386 g/mol. The van der Waals surface area contributed by atoms with E-state index in [1.54, 1.807) is 29.2 Å². The molecule has 3 rings (SSSR count). The van der Waals surface area contributed by atoms with Crippen molar-refractivity contribution in [2.75, 3.05) is 31.0 Å². The number of nitrogens with one attached hydrogen (secondary N) is 1. The first kappa shape index (κ1) is 19.1. The second kappa shape index (κ2) is 8.83. The Bertz CT molecular complexity index is 887. The maximum Gasteiger partial charge on any atom is 0.255 e. The average Bonchev–Trinajstić information content (AvgIpc) is 2.69.